The van der Waals surface area contributed by atoms with E-state index in [0.29, 0.717) is 22.0 Å². The average molecular weight is 423 g/mol. The molecule has 4 nitrogen and oxygen atoms in total. The molecule has 0 fully saturated rings. The molecule has 0 saturated heterocycles. The molecule has 0 radical (unpaired) electrons. The van der Waals surface area contributed by atoms with Crippen molar-refractivity contribution in [3.63, 3.8) is 0 Å². The Bertz CT molecular complexity index is 881. The van der Waals surface area contributed by atoms with Crippen LogP contribution in [0, 0.1) is 5.82 Å². The van der Waals surface area contributed by atoms with Crippen LogP contribution in [0.4, 0.5) is 4.39 Å². The number of nitrogens with two attached hydrogens (primary N) is 1. The van der Waals surface area contributed by atoms with Crippen LogP contribution in [0.15, 0.2) is 35.3 Å². The second kappa shape index (κ2) is 9.20. The molecule has 0 spiro atoms. The van der Waals surface area contributed by atoms with Gasteiger partial charge in [0.2, 0.25) is 0 Å². The van der Waals surface area contributed by atoms with Crippen molar-refractivity contribution in [2.24, 2.45) is 10.7 Å². The van der Waals surface area contributed by atoms with Crippen molar-refractivity contribution in [3.05, 3.63) is 57.0 Å². The summed E-state index contributed by atoms with van der Waals surface area (Å²) in [7, 11) is 1.64. The van der Waals surface area contributed by atoms with Crippen LogP contribution in [0.1, 0.15) is 59.5 Å². The van der Waals surface area contributed by atoms with Gasteiger partial charge in [-0.2, -0.15) is 0 Å². The molecule has 1 unspecified atom stereocenters. The van der Waals surface area contributed by atoms with Gasteiger partial charge in [0.15, 0.2) is 11.0 Å². The van der Waals surface area contributed by atoms with Gasteiger partial charge in [-0.3, -0.25) is 9.79 Å². The fraction of sp³-hybridized carbons (Fsp3) is 0.429. The number of hydrogen-bond donors (Lipinski definition) is 1. The normalized spacial score (nSPS) is 20.2. The highest BCUT2D eigenvalue weighted by atomic mass is 32.2. The van der Waals surface area contributed by atoms with Crippen molar-refractivity contribution in [2.45, 2.75) is 45.8 Å². The topological polar surface area (TPSA) is 64.7 Å². The average Bonchev–Trinajstić information content (AvgIpc) is 3.12. The Hall–Kier alpha value is -1.70. The first-order valence-corrected chi connectivity index (χ1v) is 10.6. The molecular formula is C21H27FN2O2S2. The maximum Gasteiger partial charge on any atom is 0.177 e. The Balaban J connectivity index is 0.00000280. The largest absolute Gasteiger partial charge is 0.379 e. The van der Waals surface area contributed by atoms with Crippen LogP contribution in [0.25, 0.3) is 0 Å². The van der Waals surface area contributed by atoms with Crippen molar-refractivity contribution in [3.8, 4) is 0 Å². The number of methoxy groups -OCH3 is 1. The molecule has 1 aliphatic rings. The maximum atomic E-state index is 14.5. The van der Waals surface area contributed by atoms with E-state index in [4.69, 9.17) is 10.5 Å². The Labute approximate surface area is 174 Å². The lowest BCUT2D eigenvalue weighted by Crippen LogP contribution is -2.29. The van der Waals surface area contributed by atoms with Gasteiger partial charge in [0, 0.05) is 29.7 Å². The number of Topliss-reactive ketones (excluding diaryl/α,β-unsaturated/α-hetero) is 1. The number of carbonyl (C=O) groups excluding carboxylic acids is 1. The van der Waals surface area contributed by atoms with Crippen molar-refractivity contribution in [1.29, 1.82) is 0 Å². The van der Waals surface area contributed by atoms with E-state index in [2.05, 4.69) is 4.99 Å². The van der Waals surface area contributed by atoms with Gasteiger partial charge in [-0.05, 0) is 50.1 Å². The second-order valence-electron chi connectivity index (χ2n) is 6.82. The van der Waals surface area contributed by atoms with Gasteiger partial charge in [0.05, 0.1) is 16.5 Å². The molecule has 152 valence electrons. The summed E-state index contributed by atoms with van der Waals surface area (Å²) < 4.78 is 19.8. The molecule has 3 rings (SSSR count). The maximum absolute atomic E-state index is 14.5. The van der Waals surface area contributed by atoms with Crippen molar-refractivity contribution < 1.29 is 13.9 Å². The van der Waals surface area contributed by atoms with E-state index in [9.17, 15) is 9.18 Å². The molecule has 2 atom stereocenters. The number of hydrogen-bond acceptors (Lipinski definition) is 6. The summed E-state index contributed by atoms with van der Waals surface area (Å²) in [6.07, 6.45) is 0.885. The smallest absolute Gasteiger partial charge is 0.177 e. The molecule has 0 aliphatic carbocycles. The molecule has 0 bridgehead atoms. The lowest BCUT2D eigenvalue weighted by Gasteiger charge is -2.30. The number of thioether (sulfide) groups is 1. The van der Waals surface area contributed by atoms with Gasteiger partial charge in [-0.25, -0.2) is 4.39 Å². The van der Waals surface area contributed by atoms with Gasteiger partial charge in [-0.1, -0.05) is 25.3 Å². The van der Waals surface area contributed by atoms with Crippen molar-refractivity contribution in [2.75, 3.05) is 12.9 Å². The van der Waals surface area contributed by atoms with Gasteiger partial charge in [-0.15, -0.1) is 11.3 Å². The van der Waals surface area contributed by atoms with Gasteiger partial charge < -0.3 is 10.5 Å². The first-order valence-electron chi connectivity index (χ1n) is 8.75. The predicted molar refractivity (Wildman–Crippen MR) is 117 cm³/mol. The summed E-state index contributed by atoms with van der Waals surface area (Å²) in [5, 5.41) is 0.475. The van der Waals surface area contributed by atoms with Crippen molar-refractivity contribution in [1.82, 2.24) is 0 Å². The lowest BCUT2D eigenvalue weighted by atomic mass is 9.87. The first kappa shape index (κ1) is 22.6. The Morgan fingerprint density at radius 2 is 2.14 bits per heavy atom. The minimum atomic E-state index is -0.692. The van der Waals surface area contributed by atoms with E-state index in [0.717, 1.165) is 16.2 Å². The third-order valence-electron chi connectivity index (χ3n) is 4.83. The fourth-order valence-electron chi connectivity index (χ4n) is 3.09. The highest BCUT2D eigenvalue weighted by molar-refractivity contribution is 8.13. The Morgan fingerprint density at radius 1 is 1.39 bits per heavy atom. The molecule has 1 aromatic carbocycles. The van der Waals surface area contributed by atoms with E-state index in [1.165, 1.54) is 29.2 Å². The van der Waals surface area contributed by atoms with Crippen molar-refractivity contribution >= 4 is 34.0 Å². The quantitative estimate of drug-likeness (QED) is 0.640. The monoisotopic (exact) mass is 422 g/mol. The third kappa shape index (κ3) is 4.82. The Kier molecular flexibility index (Phi) is 7.42. The standard InChI is InChI=1S/C20H23FN2O2S2.CH4/c1-12(25-3)17-6-7-18(27-17)16(24)11-13-4-5-15(21)14(10-13)20(2)8-9-26-19(22)23-20;/h4-7,10,12H,8-9,11H2,1-3H3,(H2,22,23);1H4/t12?,20-;/m0./s1. The summed E-state index contributed by atoms with van der Waals surface area (Å²) in [6.45, 7) is 3.84. The molecular weight excluding hydrogens is 395 g/mol. The van der Waals surface area contributed by atoms with E-state index in [1.54, 1.807) is 19.2 Å². The third-order valence-corrected chi connectivity index (χ3v) is 6.91. The number of ketones is 1. The van der Waals surface area contributed by atoms with Crippen LogP contribution >= 0.6 is 23.1 Å². The van der Waals surface area contributed by atoms with E-state index in [-0.39, 0.29) is 31.6 Å². The summed E-state index contributed by atoms with van der Waals surface area (Å²) in [6, 6.07) is 8.58. The molecule has 7 heteroatoms. The fourth-order valence-corrected chi connectivity index (χ4v) is 5.03. The highest BCUT2D eigenvalue weighted by Gasteiger charge is 2.32. The SMILES string of the molecule is C.COC(C)c1ccc(C(=O)Cc2ccc(F)c([C@]3(C)CCSC(N)=N3)c2)s1. The van der Waals surface area contributed by atoms with Crippen LogP contribution in [0.5, 0.6) is 0 Å². The summed E-state index contributed by atoms with van der Waals surface area (Å²) in [4.78, 5) is 18.8. The molecule has 28 heavy (non-hydrogen) atoms. The summed E-state index contributed by atoms with van der Waals surface area (Å²) >= 11 is 2.92. The molecule has 2 heterocycles. The van der Waals surface area contributed by atoms with E-state index >= 15 is 0 Å². The first-order chi connectivity index (χ1) is 12.8. The number of nitrogens with zero attached hydrogens (tertiary/aromatic N) is 1. The zero-order valence-corrected chi connectivity index (χ0v) is 17.3. The minimum Gasteiger partial charge on any atom is -0.379 e. The molecule has 0 amide bonds. The van der Waals surface area contributed by atoms with Gasteiger partial charge in [0.25, 0.3) is 0 Å². The van der Waals surface area contributed by atoms with E-state index < -0.39 is 5.54 Å². The van der Waals surface area contributed by atoms with Crippen LogP contribution in [0.2, 0.25) is 0 Å². The zero-order valence-electron chi connectivity index (χ0n) is 15.6. The molecule has 1 aliphatic heterocycles. The lowest BCUT2D eigenvalue weighted by molar-refractivity contribution is 0.0996. The molecule has 2 N–H and O–H groups in total. The van der Waals surface area contributed by atoms with Crippen LogP contribution < -0.4 is 5.73 Å². The number of halogens is 1. The van der Waals surface area contributed by atoms with Crippen LogP contribution in [-0.4, -0.2) is 23.8 Å². The number of ether oxygens (including phenoxy) is 1. The highest BCUT2D eigenvalue weighted by Crippen LogP contribution is 2.37. The van der Waals surface area contributed by atoms with Crippen LogP contribution in [-0.2, 0) is 16.7 Å². The number of amidine groups is 1. The summed E-state index contributed by atoms with van der Waals surface area (Å²) in [5.41, 5.74) is 6.44. The molecule has 0 saturated carbocycles. The number of thiophene rings is 1. The zero-order chi connectivity index (χ0) is 19.6. The number of rotatable bonds is 6. The van der Waals surface area contributed by atoms with E-state index in [1.807, 2.05) is 26.0 Å². The number of benzene rings is 1. The molecule has 2 aromatic rings. The Morgan fingerprint density at radius 3 is 2.82 bits per heavy atom. The van der Waals surface area contributed by atoms with Crippen LogP contribution in [0.3, 0.4) is 0 Å². The minimum absolute atomic E-state index is 0. The van der Waals surface area contributed by atoms with Gasteiger partial charge >= 0.3 is 0 Å². The number of carbonyl (C=O) groups is 1. The van der Waals surface area contributed by atoms with Gasteiger partial charge in [0.1, 0.15) is 5.82 Å². The predicted octanol–water partition coefficient (Wildman–Crippen LogP) is 5.32. The summed E-state index contributed by atoms with van der Waals surface area (Å²) in [5.74, 6) is 0.494. The second-order valence-corrected chi connectivity index (χ2v) is 9.05. The number of aliphatic imine (C=N–C) groups is 1. The molecule has 1 aromatic heterocycles.